The fourth-order valence-corrected chi connectivity index (χ4v) is 3.44. The molecule has 27 heavy (non-hydrogen) atoms. The summed E-state index contributed by atoms with van der Waals surface area (Å²) in [5, 5.41) is 0. The highest BCUT2D eigenvalue weighted by molar-refractivity contribution is 5.69. The molecule has 0 saturated heterocycles. The van der Waals surface area contributed by atoms with E-state index in [-0.39, 0.29) is 0 Å². The Balaban J connectivity index is 1.57. The quantitative estimate of drug-likeness (QED) is 0.275. The summed E-state index contributed by atoms with van der Waals surface area (Å²) in [6, 6.07) is 8.81. The average Bonchev–Trinajstić information content (AvgIpc) is 3.43. The Hall–Kier alpha value is -1.44. The predicted octanol–water partition coefficient (Wildman–Crippen LogP) is 7.87. The SMILES string of the molecule is CCCCCCCCCOC1=C(c2ccc(CCCCCC(C)C)cc2)O1. The molecule has 2 rings (SSSR count). The summed E-state index contributed by atoms with van der Waals surface area (Å²) in [5.74, 6) is 2.50. The molecule has 1 aliphatic heterocycles. The van der Waals surface area contributed by atoms with Crippen molar-refractivity contribution in [3.63, 3.8) is 0 Å². The van der Waals surface area contributed by atoms with Gasteiger partial charge in [0, 0.05) is 5.56 Å². The van der Waals surface area contributed by atoms with Crippen LogP contribution in [0.3, 0.4) is 0 Å². The van der Waals surface area contributed by atoms with E-state index in [0.717, 1.165) is 36.2 Å². The first kappa shape index (κ1) is 21.9. The number of rotatable bonds is 16. The van der Waals surface area contributed by atoms with Crippen LogP contribution >= 0.6 is 0 Å². The molecule has 0 aliphatic carbocycles. The van der Waals surface area contributed by atoms with Gasteiger partial charge in [0.1, 0.15) is 0 Å². The highest BCUT2D eigenvalue weighted by Gasteiger charge is 2.29. The molecule has 2 nitrogen and oxygen atoms in total. The Kier molecular flexibility index (Phi) is 10.4. The van der Waals surface area contributed by atoms with Gasteiger partial charge in [0.05, 0.1) is 6.61 Å². The van der Waals surface area contributed by atoms with Crippen LogP contribution in [-0.2, 0) is 15.9 Å². The number of hydrogen-bond donors (Lipinski definition) is 0. The monoisotopic (exact) mass is 372 g/mol. The van der Waals surface area contributed by atoms with Crippen LogP contribution in [0.1, 0.15) is 103 Å². The summed E-state index contributed by atoms with van der Waals surface area (Å²) in [5.41, 5.74) is 2.57. The number of aryl methyl sites for hydroxylation is 1. The van der Waals surface area contributed by atoms with Crippen molar-refractivity contribution in [1.82, 2.24) is 0 Å². The molecule has 0 unspecified atom stereocenters. The molecule has 1 aromatic carbocycles. The second kappa shape index (κ2) is 12.9. The molecule has 0 saturated carbocycles. The summed E-state index contributed by atoms with van der Waals surface area (Å²) >= 11 is 0. The summed E-state index contributed by atoms with van der Waals surface area (Å²) < 4.78 is 11.3. The van der Waals surface area contributed by atoms with E-state index in [1.54, 1.807) is 0 Å². The molecular weight excluding hydrogens is 332 g/mol. The summed E-state index contributed by atoms with van der Waals surface area (Å²) in [7, 11) is 0. The van der Waals surface area contributed by atoms with Crippen molar-refractivity contribution in [2.75, 3.05) is 6.61 Å². The molecule has 0 atom stereocenters. The van der Waals surface area contributed by atoms with E-state index in [1.165, 1.54) is 76.2 Å². The fourth-order valence-electron chi connectivity index (χ4n) is 3.44. The van der Waals surface area contributed by atoms with Gasteiger partial charge in [-0.05, 0) is 30.7 Å². The van der Waals surface area contributed by atoms with Gasteiger partial charge in [-0.25, -0.2) is 0 Å². The van der Waals surface area contributed by atoms with Gasteiger partial charge in [0.2, 0.25) is 5.76 Å². The predicted molar refractivity (Wildman–Crippen MR) is 115 cm³/mol. The maximum Gasteiger partial charge on any atom is 0.330 e. The number of ether oxygens (including phenoxy) is 2. The lowest BCUT2D eigenvalue weighted by Crippen LogP contribution is -1.90. The second-order valence-electron chi connectivity index (χ2n) is 8.38. The summed E-state index contributed by atoms with van der Waals surface area (Å²) in [6.45, 7) is 7.65. The molecule has 0 amide bonds. The van der Waals surface area contributed by atoms with Crippen molar-refractivity contribution in [2.45, 2.75) is 97.8 Å². The Bertz CT molecular complexity index is 542. The van der Waals surface area contributed by atoms with Gasteiger partial charge in [-0.1, -0.05) is 103 Å². The van der Waals surface area contributed by atoms with E-state index >= 15 is 0 Å². The summed E-state index contributed by atoms with van der Waals surface area (Å²) in [4.78, 5) is 0. The van der Waals surface area contributed by atoms with Gasteiger partial charge in [-0.2, -0.15) is 0 Å². The van der Waals surface area contributed by atoms with Crippen LogP contribution < -0.4 is 0 Å². The lowest BCUT2D eigenvalue weighted by molar-refractivity contribution is 0.151. The van der Waals surface area contributed by atoms with Crippen LogP contribution in [-0.4, -0.2) is 6.61 Å². The van der Waals surface area contributed by atoms with Crippen LogP contribution in [0.15, 0.2) is 30.2 Å². The van der Waals surface area contributed by atoms with Crippen molar-refractivity contribution in [2.24, 2.45) is 5.92 Å². The molecule has 2 heteroatoms. The third kappa shape index (κ3) is 9.35. The van der Waals surface area contributed by atoms with Gasteiger partial charge in [-0.3, -0.25) is 0 Å². The first-order chi connectivity index (χ1) is 13.2. The Morgan fingerprint density at radius 2 is 1.48 bits per heavy atom. The lowest BCUT2D eigenvalue weighted by Gasteiger charge is -2.04. The van der Waals surface area contributed by atoms with Crippen molar-refractivity contribution in [3.8, 4) is 0 Å². The van der Waals surface area contributed by atoms with Gasteiger partial charge in [0.15, 0.2) is 0 Å². The zero-order valence-electron chi connectivity index (χ0n) is 17.9. The first-order valence-electron chi connectivity index (χ1n) is 11.3. The van der Waals surface area contributed by atoms with Gasteiger partial charge in [-0.15, -0.1) is 0 Å². The summed E-state index contributed by atoms with van der Waals surface area (Å²) in [6.07, 6.45) is 15.7. The average molecular weight is 373 g/mol. The number of benzene rings is 1. The van der Waals surface area contributed by atoms with Crippen molar-refractivity contribution >= 4 is 5.76 Å². The van der Waals surface area contributed by atoms with Crippen LogP contribution in [0, 0.1) is 5.92 Å². The topological polar surface area (TPSA) is 21.8 Å². The maximum atomic E-state index is 5.75. The van der Waals surface area contributed by atoms with Gasteiger partial charge >= 0.3 is 5.95 Å². The van der Waals surface area contributed by atoms with Crippen molar-refractivity contribution < 1.29 is 9.47 Å². The van der Waals surface area contributed by atoms with Crippen LogP contribution in [0.5, 0.6) is 0 Å². The van der Waals surface area contributed by atoms with E-state index in [4.69, 9.17) is 9.47 Å². The zero-order valence-corrected chi connectivity index (χ0v) is 17.9. The Labute approximate surface area is 167 Å². The minimum Gasteiger partial charge on any atom is -0.462 e. The third-order valence-corrected chi connectivity index (χ3v) is 5.28. The third-order valence-electron chi connectivity index (χ3n) is 5.28. The number of hydrogen-bond acceptors (Lipinski definition) is 2. The van der Waals surface area contributed by atoms with Crippen LogP contribution in [0.2, 0.25) is 0 Å². The molecule has 1 aliphatic rings. The largest absolute Gasteiger partial charge is 0.462 e. The van der Waals surface area contributed by atoms with Crippen LogP contribution in [0.4, 0.5) is 0 Å². The molecule has 0 bridgehead atoms. The second-order valence-corrected chi connectivity index (χ2v) is 8.38. The van der Waals surface area contributed by atoms with Crippen LogP contribution in [0.25, 0.3) is 5.76 Å². The molecule has 0 spiro atoms. The van der Waals surface area contributed by atoms with E-state index < -0.39 is 0 Å². The fraction of sp³-hybridized carbons (Fsp3) is 0.680. The molecule has 0 radical (unpaired) electrons. The number of unbranched alkanes of at least 4 members (excludes halogenated alkanes) is 8. The van der Waals surface area contributed by atoms with E-state index in [1.807, 2.05) is 0 Å². The van der Waals surface area contributed by atoms with Gasteiger partial charge < -0.3 is 9.47 Å². The Morgan fingerprint density at radius 3 is 2.19 bits per heavy atom. The highest BCUT2D eigenvalue weighted by Crippen LogP contribution is 2.36. The minimum absolute atomic E-state index is 0.738. The lowest BCUT2D eigenvalue weighted by atomic mass is 10.0. The van der Waals surface area contributed by atoms with Gasteiger partial charge in [0.25, 0.3) is 0 Å². The van der Waals surface area contributed by atoms with Crippen molar-refractivity contribution in [3.05, 3.63) is 41.3 Å². The smallest absolute Gasteiger partial charge is 0.330 e. The molecule has 0 fully saturated rings. The molecule has 1 heterocycles. The van der Waals surface area contributed by atoms with E-state index in [9.17, 15) is 0 Å². The highest BCUT2D eigenvalue weighted by atomic mass is 16.7. The van der Waals surface area contributed by atoms with E-state index in [2.05, 4.69) is 45.0 Å². The molecule has 0 N–H and O–H groups in total. The molecule has 0 aromatic heterocycles. The first-order valence-corrected chi connectivity index (χ1v) is 11.3. The van der Waals surface area contributed by atoms with E-state index in [0.29, 0.717) is 0 Å². The Morgan fingerprint density at radius 1 is 0.815 bits per heavy atom. The van der Waals surface area contributed by atoms with Crippen molar-refractivity contribution in [1.29, 1.82) is 0 Å². The molecule has 1 aromatic rings. The zero-order chi connectivity index (χ0) is 19.3. The minimum atomic E-state index is 0.738. The standard InChI is InChI=1S/C25H40O2/c1-4-5-6-7-8-9-13-20-26-25-24(27-25)23-18-16-22(17-19-23)15-12-10-11-14-21(2)3/h16-19,21H,4-15,20H2,1-3H3. The molecular formula is C25H40O2. The maximum absolute atomic E-state index is 5.75. The molecule has 152 valence electrons. The normalized spacial score (nSPS) is 13.2.